The third-order valence-corrected chi connectivity index (χ3v) is 36.4. The summed E-state index contributed by atoms with van der Waals surface area (Å²) < 4.78 is 290. The quantitative estimate of drug-likeness (QED) is 0.0744. The molecule has 0 spiro atoms. The van der Waals surface area contributed by atoms with E-state index in [-0.39, 0.29) is 273 Å². The Hall–Kier alpha value is -11.3. The van der Waals surface area contributed by atoms with Gasteiger partial charge in [0.25, 0.3) is 191 Å². The molecule has 48 nitrogen and oxygen atoms in total. The minimum absolute atomic E-state index is 0. The van der Waals surface area contributed by atoms with Crippen molar-refractivity contribution in [3.05, 3.63) is 358 Å². The Morgan fingerprint density at radius 3 is 0.208 bits per heavy atom. The van der Waals surface area contributed by atoms with E-state index in [4.69, 9.17) is 0 Å². The zero-order valence-electron chi connectivity index (χ0n) is 71.3. The van der Waals surface area contributed by atoms with Crippen LogP contribution in [-0.4, -0.2) is 320 Å². The molecule has 12 aromatic carbocycles. The van der Waals surface area contributed by atoms with E-state index in [1.807, 2.05) is 56.7 Å². The summed E-state index contributed by atoms with van der Waals surface area (Å²) in [4.78, 5) is 133. The molecular formula is C84H65N12Na5O36S12. The third-order valence-electron chi connectivity index (χ3n) is 19.8. The molecule has 0 aromatic heterocycles. The summed E-state index contributed by atoms with van der Waals surface area (Å²) in [6.07, 6.45) is 0. The summed E-state index contributed by atoms with van der Waals surface area (Å²) in [5.74, 6) is -6.60. The molecule has 12 N–H and O–H groups in total. The Morgan fingerprint density at radius 1 is 0.101 bits per heavy atom. The Labute approximate surface area is 958 Å². The molecule has 0 fully saturated rings. The number of benzene rings is 12. The van der Waals surface area contributed by atoms with Gasteiger partial charge < -0.3 is 0 Å². The van der Waals surface area contributed by atoms with Crippen molar-refractivity contribution in [2.45, 2.75) is 58.7 Å². The van der Waals surface area contributed by atoms with Gasteiger partial charge in [-0.15, -0.1) is 0 Å². The summed E-state index contributed by atoms with van der Waals surface area (Å²) in [5.41, 5.74) is 2.64. The summed E-state index contributed by atoms with van der Waals surface area (Å²) in [6.45, 7) is 0. The molecule has 0 bridgehead atoms. The molecule has 0 atom stereocenters. The van der Waals surface area contributed by atoms with E-state index in [1.54, 1.807) is 146 Å². The monoisotopic (exact) mass is 2320 g/mol. The van der Waals surface area contributed by atoms with Crippen LogP contribution in [0.15, 0.2) is 350 Å². The molecule has 0 unspecified atom stereocenters. The third kappa shape index (κ3) is 27.4. The number of sulfonamides is 12. The number of hydrogen-bond acceptors (Lipinski definition) is 36. The van der Waals surface area contributed by atoms with Crippen molar-refractivity contribution in [1.29, 1.82) is 0 Å². The average Bonchev–Trinajstić information content (AvgIpc) is 1.73. The summed E-state index contributed by atoms with van der Waals surface area (Å²) in [6, 6.07) is 73.1. The van der Waals surface area contributed by atoms with Gasteiger partial charge in [0.15, 0.2) is 0 Å². The van der Waals surface area contributed by atoms with Gasteiger partial charge in [-0.1, -0.05) is 146 Å². The molecule has 0 saturated carbocycles. The fourth-order valence-corrected chi connectivity index (χ4v) is 27.5. The topological polar surface area (TPSA) is 759 Å². The van der Waals surface area contributed by atoms with Gasteiger partial charge >= 0.3 is 148 Å². The summed E-state index contributed by atoms with van der Waals surface area (Å²) >= 11 is 0. The van der Waals surface area contributed by atoms with Crippen molar-refractivity contribution in [2.24, 2.45) is 0 Å². The first-order chi connectivity index (χ1) is 67.3. The number of carbonyl (C=O) groups excluding carboxylic acids is 12. The summed E-state index contributed by atoms with van der Waals surface area (Å²) in [5, 5.41) is 0. The number of amides is 12. The maximum absolute atomic E-state index is 11.1. The zero-order chi connectivity index (χ0) is 105. The molecule has 0 aliphatic carbocycles. The molecule has 0 radical (unpaired) electrons. The molecular weight excluding hydrogens is 2250 g/mol. The van der Waals surface area contributed by atoms with Crippen LogP contribution in [0.25, 0.3) is 0 Å². The van der Waals surface area contributed by atoms with Gasteiger partial charge in [0.05, 0.1) is 66.8 Å². The van der Waals surface area contributed by atoms with Crippen molar-refractivity contribution in [1.82, 2.24) is 56.7 Å². The summed E-state index contributed by atoms with van der Waals surface area (Å²) in [7, 11) is -42.7. The molecule has 0 saturated heterocycles. The SMILES string of the molecule is O=C1NS(=O)(=O)c2ccccc21.O=C1NS(=O)(=O)c2ccccc21.O=C1NS(=O)(=O)c2ccccc21.O=C1NS(=O)(=O)c2ccccc21.O=C1NS(=O)(=O)c2ccccc21.O=C1NS(=O)(=O)c2ccccc21.O=C1NS(=O)(=O)c2ccccc21.O=C1NS(=O)(=O)c2ccccc21.O=C1NS(=O)(=O)c2ccccc21.O=C1NS(=O)(=O)c2ccccc21.O=C1NS(=O)(=O)c2ccccc21.O=C1NS(=O)(=O)c2ccccc21.[NaH].[NaH].[NaH].[NaH].[NaH]. The van der Waals surface area contributed by atoms with Crippen molar-refractivity contribution in [3.8, 4) is 0 Å². The van der Waals surface area contributed by atoms with Crippen LogP contribution in [0.5, 0.6) is 0 Å². The van der Waals surface area contributed by atoms with E-state index < -0.39 is 191 Å². The molecule has 149 heavy (non-hydrogen) atoms. The number of fused-ring (bicyclic) bond motifs is 12. The van der Waals surface area contributed by atoms with Crippen LogP contribution >= 0.6 is 0 Å². The molecule has 754 valence electrons. The van der Waals surface area contributed by atoms with Gasteiger partial charge in [0.2, 0.25) is 0 Å². The first-order valence-corrected chi connectivity index (χ1v) is 57.1. The van der Waals surface area contributed by atoms with Crippen molar-refractivity contribution < 1.29 is 159 Å². The van der Waals surface area contributed by atoms with E-state index in [2.05, 4.69) is 0 Å². The second-order valence-electron chi connectivity index (χ2n) is 29.2. The van der Waals surface area contributed by atoms with E-state index >= 15 is 0 Å². The number of hydrogen-bond donors (Lipinski definition) is 12. The first kappa shape index (κ1) is 123. The molecule has 12 aromatic rings. The second-order valence-corrected chi connectivity index (χ2v) is 49.0. The van der Waals surface area contributed by atoms with Gasteiger partial charge in [-0.05, 0) is 146 Å². The molecule has 12 aliphatic heterocycles. The van der Waals surface area contributed by atoms with Crippen LogP contribution in [0, 0.1) is 0 Å². The number of rotatable bonds is 0. The second kappa shape index (κ2) is 48.1. The van der Waals surface area contributed by atoms with Gasteiger partial charge in [0.1, 0.15) is 58.7 Å². The van der Waals surface area contributed by atoms with E-state index in [0.29, 0.717) is 0 Å². The molecule has 65 heteroatoms. The number of nitrogens with one attached hydrogen (secondary N) is 12. The van der Waals surface area contributed by atoms with E-state index in [9.17, 15) is 159 Å². The average molecular weight is 2320 g/mol. The van der Waals surface area contributed by atoms with Gasteiger partial charge in [-0.2, -0.15) is 0 Å². The van der Waals surface area contributed by atoms with E-state index in [0.717, 1.165) is 0 Å². The first-order valence-electron chi connectivity index (χ1n) is 39.3. The normalized spacial score (nSPS) is 17.9. The van der Waals surface area contributed by atoms with Crippen molar-refractivity contribution in [3.63, 3.8) is 0 Å². The van der Waals surface area contributed by atoms with Crippen molar-refractivity contribution >= 4 is 339 Å². The maximum atomic E-state index is 11.1. The predicted molar refractivity (Wildman–Crippen MR) is 529 cm³/mol. The molecule has 24 rings (SSSR count). The van der Waals surface area contributed by atoms with E-state index in [1.165, 1.54) is 146 Å². The minimum atomic E-state index is -3.55. The standard InChI is InChI=1S/12C7H5NO3S.5Na.5H/c12*9-7-5-3-1-2-4-6(5)12(10,11)8-7;;;;;;;;;;/h12*1-4H,(H,8,9);;;;;;;;;;. The van der Waals surface area contributed by atoms with Crippen LogP contribution in [0.2, 0.25) is 0 Å². The van der Waals surface area contributed by atoms with Gasteiger partial charge in [-0.3, -0.25) is 57.5 Å². The van der Waals surface area contributed by atoms with Crippen LogP contribution in [0.1, 0.15) is 124 Å². The Bertz CT molecular complexity index is 7310. The van der Waals surface area contributed by atoms with Gasteiger partial charge in [0, 0.05) is 0 Å². The Morgan fingerprint density at radius 2 is 0.154 bits per heavy atom. The van der Waals surface area contributed by atoms with Crippen LogP contribution < -0.4 is 56.7 Å². The van der Waals surface area contributed by atoms with Crippen LogP contribution in [-0.2, 0) is 120 Å². The Kier molecular flexibility index (Phi) is 39.7. The zero-order valence-corrected chi connectivity index (χ0v) is 81.1. The van der Waals surface area contributed by atoms with Gasteiger partial charge in [-0.25, -0.2) is 158 Å². The Balaban J connectivity index is 0.000000197. The predicted octanol–water partition coefficient (Wildman–Crippen LogP) is -1.82. The number of carbonyl (C=O) groups is 12. The molecule has 12 amide bonds. The fourth-order valence-electron chi connectivity index (χ4n) is 13.4. The molecule has 12 aliphatic rings. The van der Waals surface area contributed by atoms with Crippen LogP contribution in [0.3, 0.4) is 0 Å². The molecule has 12 heterocycles. The fraction of sp³-hybridized carbons (Fsp3) is 0. The van der Waals surface area contributed by atoms with Crippen LogP contribution in [0.4, 0.5) is 0 Å². The van der Waals surface area contributed by atoms with Crippen molar-refractivity contribution in [2.75, 3.05) is 0 Å².